The second-order valence-electron chi connectivity index (χ2n) is 32.5. The van der Waals surface area contributed by atoms with Crippen molar-refractivity contribution in [3.8, 4) is 22.3 Å². The van der Waals surface area contributed by atoms with E-state index in [1.165, 1.54) is 118 Å². The van der Waals surface area contributed by atoms with E-state index < -0.39 is 0 Å². The first-order valence-corrected chi connectivity index (χ1v) is 31.5. The van der Waals surface area contributed by atoms with Gasteiger partial charge in [-0.3, -0.25) is 0 Å². The Morgan fingerprint density at radius 1 is 0.345 bits per heavy atom. The highest BCUT2D eigenvalue weighted by Crippen LogP contribution is 2.72. The molecule has 4 aliphatic rings. The molecule has 432 valence electrons. The van der Waals surface area contributed by atoms with Gasteiger partial charge in [0.1, 0.15) is 0 Å². The summed E-state index contributed by atoms with van der Waals surface area (Å²) in [5.74, 6) is 0. The van der Waals surface area contributed by atoms with Crippen molar-refractivity contribution in [1.29, 1.82) is 0 Å². The maximum atomic E-state index is 2.89. The summed E-state index contributed by atoms with van der Waals surface area (Å²) in [5.41, 5.74) is 25.8. The largest absolute Gasteiger partial charge is 0.334 e. The Balaban J connectivity index is 1.30. The maximum absolute atomic E-state index is 2.89. The Morgan fingerprint density at radius 3 is 1.11 bits per heavy atom. The van der Waals surface area contributed by atoms with Gasteiger partial charge in [0.25, 0.3) is 6.71 Å². The average molecular weight is 1110 g/mol. The van der Waals surface area contributed by atoms with E-state index in [1.54, 1.807) is 0 Å². The summed E-state index contributed by atoms with van der Waals surface area (Å²) in [6.07, 6.45) is 2.27. The van der Waals surface area contributed by atoms with E-state index in [0.717, 1.165) is 12.8 Å². The van der Waals surface area contributed by atoms with Crippen molar-refractivity contribution in [3.05, 3.63) is 197 Å². The Bertz CT molecular complexity index is 3730. The number of fused-ring (bicyclic) bond motifs is 7. The molecule has 2 unspecified atom stereocenters. The van der Waals surface area contributed by atoms with Gasteiger partial charge < -0.3 is 14.7 Å². The van der Waals surface area contributed by atoms with Crippen LogP contribution in [0.4, 0.5) is 45.5 Å². The van der Waals surface area contributed by atoms with Crippen molar-refractivity contribution in [3.63, 3.8) is 0 Å². The lowest BCUT2D eigenvalue weighted by atomic mass is 9.33. The summed E-state index contributed by atoms with van der Waals surface area (Å²) in [6, 6.07) is 65.1. The highest BCUT2D eigenvalue weighted by atomic mass is 15.3. The van der Waals surface area contributed by atoms with Crippen LogP contribution in [-0.2, 0) is 32.5 Å². The molecule has 0 radical (unpaired) electrons. The van der Waals surface area contributed by atoms with Crippen LogP contribution in [0.15, 0.2) is 164 Å². The van der Waals surface area contributed by atoms with Crippen LogP contribution in [-0.4, -0.2) is 12.3 Å². The van der Waals surface area contributed by atoms with Crippen LogP contribution in [0, 0.1) is 10.8 Å². The fraction of sp³-hybridized carbons (Fsp3) is 0.400. The highest BCUT2D eigenvalue weighted by Gasteiger charge is 2.70. The number of hydrogen-bond donors (Lipinski definition) is 0. The lowest BCUT2D eigenvalue weighted by molar-refractivity contribution is -0.0415. The molecule has 3 aliphatic heterocycles. The Morgan fingerprint density at radius 2 is 0.702 bits per heavy atom. The zero-order valence-electron chi connectivity index (χ0n) is 54.9. The van der Waals surface area contributed by atoms with Crippen LogP contribution in [0.3, 0.4) is 0 Å². The number of anilines is 8. The van der Waals surface area contributed by atoms with Crippen molar-refractivity contribution in [2.24, 2.45) is 10.8 Å². The molecule has 0 saturated heterocycles. The van der Waals surface area contributed by atoms with Gasteiger partial charge in [-0.1, -0.05) is 248 Å². The molecule has 2 atom stereocenters. The zero-order valence-corrected chi connectivity index (χ0v) is 54.9. The zero-order chi connectivity index (χ0) is 60.4. The molecule has 0 amide bonds. The number of benzene rings is 8. The monoisotopic (exact) mass is 1110 g/mol. The maximum Gasteiger partial charge on any atom is 0.252 e. The third-order valence-corrected chi connectivity index (χ3v) is 21.5. The van der Waals surface area contributed by atoms with E-state index in [9.17, 15) is 0 Å². The topological polar surface area (TPSA) is 9.72 Å². The molecule has 3 nitrogen and oxygen atoms in total. The minimum absolute atomic E-state index is 0.0215. The quantitative estimate of drug-likeness (QED) is 0.159. The minimum atomic E-state index is -0.359. The second kappa shape index (κ2) is 18.9. The molecule has 8 aromatic carbocycles. The molecular weight excluding hydrogens is 1010 g/mol. The van der Waals surface area contributed by atoms with Crippen LogP contribution in [0.5, 0.6) is 0 Å². The molecule has 8 aromatic rings. The molecule has 0 spiro atoms. The smallest absolute Gasteiger partial charge is 0.252 e. The van der Waals surface area contributed by atoms with Crippen molar-refractivity contribution in [2.45, 2.75) is 196 Å². The molecule has 0 bridgehead atoms. The first kappa shape index (κ1) is 57.6. The molecule has 0 aromatic heterocycles. The molecule has 0 N–H and O–H groups in total. The summed E-state index contributed by atoms with van der Waals surface area (Å²) in [7, 11) is 0. The van der Waals surface area contributed by atoms with Gasteiger partial charge in [-0.05, 0) is 173 Å². The van der Waals surface area contributed by atoms with Gasteiger partial charge >= 0.3 is 0 Å². The molecule has 3 heterocycles. The Labute approximate surface area is 507 Å². The van der Waals surface area contributed by atoms with Crippen molar-refractivity contribution >= 4 is 68.6 Å². The van der Waals surface area contributed by atoms with E-state index in [4.69, 9.17) is 0 Å². The first-order valence-electron chi connectivity index (χ1n) is 31.5. The number of nitrogens with zero attached hydrogens (tertiary/aromatic N) is 3. The van der Waals surface area contributed by atoms with Gasteiger partial charge in [-0.15, -0.1) is 0 Å². The standard InChI is InChI=1S/C80H94BN3/c1-72(2,3)53-34-39-64(59(44-53)51-28-24-22-25-29-51)82-67-47-56(75(10,11)12)32-37-62(67)81-63-38-33-57(76(13,14)15)48-68(63)83(65-40-35-54(73(4,5)6)45-60(65)52-30-26-23-27-31-52)70-50-58(49-69(82)71(70)81)84-66-41-36-55(74(7,8)9)46-61(66)79(20)77(16,17)42-43-78(18,19)80(79,84)21/h22-41,44-50H,42-43H2,1-21H3. The lowest BCUT2D eigenvalue weighted by Gasteiger charge is -2.65. The van der Waals surface area contributed by atoms with Gasteiger partial charge in [-0.25, -0.2) is 0 Å². The summed E-state index contributed by atoms with van der Waals surface area (Å²) in [4.78, 5) is 8.34. The molecule has 1 aliphatic carbocycles. The van der Waals surface area contributed by atoms with Crippen molar-refractivity contribution < 1.29 is 0 Å². The van der Waals surface area contributed by atoms with E-state index in [0.29, 0.717) is 0 Å². The highest BCUT2D eigenvalue weighted by molar-refractivity contribution is 7.00. The third-order valence-electron chi connectivity index (χ3n) is 21.5. The normalized spacial score (nSPS) is 19.8. The van der Waals surface area contributed by atoms with E-state index in [1.807, 2.05) is 0 Å². The Kier molecular flexibility index (Phi) is 12.9. The predicted octanol–water partition coefficient (Wildman–Crippen LogP) is 20.6. The predicted molar refractivity (Wildman–Crippen MR) is 366 cm³/mol. The summed E-state index contributed by atoms with van der Waals surface area (Å²) in [5, 5.41) is 0. The minimum Gasteiger partial charge on any atom is -0.334 e. The van der Waals surface area contributed by atoms with Gasteiger partial charge in [0.2, 0.25) is 0 Å². The van der Waals surface area contributed by atoms with E-state index in [-0.39, 0.29) is 55.6 Å². The van der Waals surface area contributed by atoms with Crippen LogP contribution in [0.1, 0.15) is 192 Å². The van der Waals surface area contributed by atoms with Crippen LogP contribution in [0.2, 0.25) is 0 Å². The van der Waals surface area contributed by atoms with Gasteiger partial charge in [0, 0.05) is 50.7 Å². The molecule has 12 rings (SSSR count). The molecule has 1 fully saturated rings. The van der Waals surface area contributed by atoms with Gasteiger partial charge in [-0.2, -0.15) is 0 Å². The van der Waals surface area contributed by atoms with Crippen LogP contribution in [0.25, 0.3) is 22.3 Å². The van der Waals surface area contributed by atoms with Crippen LogP contribution < -0.4 is 31.1 Å². The Hall–Kier alpha value is -6.78. The fourth-order valence-corrected chi connectivity index (χ4v) is 15.5. The van der Waals surface area contributed by atoms with Crippen LogP contribution >= 0.6 is 0 Å². The molecule has 1 saturated carbocycles. The third kappa shape index (κ3) is 8.70. The molecule has 84 heavy (non-hydrogen) atoms. The lowest BCUT2D eigenvalue weighted by Crippen LogP contribution is -2.69. The second-order valence-corrected chi connectivity index (χ2v) is 32.5. The van der Waals surface area contributed by atoms with Gasteiger partial charge in [0.15, 0.2) is 0 Å². The summed E-state index contributed by atoms with van der Waals surface area (Å²) in [6.45, 7) is 51.0. The van der Waals surface area contributed by atoms with Crippen molar-refractivity contribution in [2.75, 3.05) is 14.7 Å². The van der Waals surface area contributed by atoms with Crippen molar-refractivity contribution in [1.82, 2.24) is 0 Å². The summed E-state index contributed by atoms with van der Waals surface area (Å²) < 4.78 is 0. The number of hydrogen-bond acceptors (Lipinski definition) is 3. The average Bonchev–Trinajstić information content (AvgIpc) is 1.47. The van der Waals surface area contributed by atoms with E-state index >= 15 is 0 Å². The molecular formula is C80H94BN3. The molecule has 4 heteroatoms. The summed E-state index contributed by atoms with van der Waals surface area (Å²) >= 11 is 0. The van der Waals surface area contributed by atoms with E-state index in [2.05, 4.69) is 324 Å². The SMILES string of the molecule is CC(C)(C)c1ccc(N2c3cc(C(C)(C)C)ccc3B3c4ccc(C(C)(C)C)cc4N(c4ccc(C(C)(C)C)cc4-c4ccccc4)c4cc(N5c6ccc(C(C)(C)C)cc6C6(C)C(C)(C)CCC(C)(C)C56C)cc2c43)c(-c2ccccc2)c1. The fourth-order valence-electron chi connectivity index (χ4n) is 15.5. The first-order chi connectivity index (χ1) is 39.1. The number of rotatable bonds is 5. The van der Waals surface area contributed by atoms with Gasteiger partial charge in [0.05, 0.1) is 16.9 Å².